The van der Waals surface area contributed by atoms with Crippen molar-refractivity contribution in [2.45, 2.75) is 39.5 Å². The highest BCUT2D eigenvalue weighted by Crippen LogP contribution is 2.30. The SMILES string of the molecule is Cc1ccc(C(C)(C)C(=O)N2CC(C)CC(C(=O)O)C2)cc1. The second-order valence-corrected chi connectivity index (χ2v) is 7.08. The molecule has 120 valence electrons. The van der Waals surface area contributed by atoms with Gasteiger partial charge in [-0.3, -0.25) is 9.59 Å². The third-order valence-corrected chi connectivity index (χ3v) is 4.60. The van der Waals surface area contributed by atoms with Gasteiger partial charge in [-0.25, -0.2) is 0 Å². The number of hydrogen-bond acceptors (Lipinski definition) is 2. The van der Waals surface area contributed by atoms with Gasteiger partial charge >= 0.3 is 5.97 Å². The molecule has 1 heterocycles. The molecule has 1 saturated heterocycles. The zero-order valence-corrected chi connectivity index (χ0v) is 13.8. The third-order valence-electron chi connectivity index (χ3n) is 4.60. The number of carboxylic acid groups (broad SMARTS) is 1. The van der Waals surface area contributed by atoms with Gasteiger partial charge < -0.3 is 10.0 Å². The van der Waals surface area contributed by atoms with Crippen molar-refractivity contribution in [1.29, 1.82) is 0 Å². The Morgan fingerprint density at radius 3 is 2.32 bits per heavy atom. The van der Waals surface area contributed by atoms with Gasteiger partial charge in [0.15, 0.2) is 0 Å². The first-order valence-corrected chi connectivity index (χ1v) is 7.81. The second-order valence-electron chi connectivity index (χ2n) is 7.08. The Kier molecular flexibility index (Phi) is 4.59. The Hall–Kier alpha value is -1.84. The fraction of sp³-hybridized carbons (Fsp3) is 0.556. The number of hydrogen-bond donors (Lipinski definition) is 1. The van der Waals surface area contributed by atoms with E-state index in [4.69, 9.17) is 0 Å². The second kappa shape index (κ2) is 6.11. The topological polar surface area (TPSA) is 57.6 Å². The van der Waals surface area contributed by atoms with Gasteiger partial charge in [-0.1, -0.05) is 36.8 Å². The number of piperidine rings is 1. The van der Waals surface area contributed by atoms with E-state index in [0.717, 1.165) is 11.1 Å². The zero-order chi connectivity index (χ0) is 16.5. The molecular weight excluding hydrogens is 278 g/mol. The minimum absolute atomic E-state index is 0.00848. The predicted octanol–water partition coefficient (Wildman–Crippen LogP) is 2.84. The molecule has 1 amide bonds. The Morgan fingerprint density at radius 1 is 1.18 bits per heavy atom. The van der Waals surface area contributed by atoms with E-state index in [-0.39, 0.29) is 11.8 Å². The third kappa shape index (κ3) is 3.32. The Morgan fingerprint density at radius 2 is 1.77 bits per heavy atom. The number of carbonyl (C=O) groups excluding carboxylic acids is 1. The number of carboxylic acids is 1. The van der Waals surface area contributed by atoms with Gasteiger partial charge in [-0.2, -0.15) is 0 Å². The lowest BCUT2D eigenvalue weighted by atomic mass is 9.81. The van der Waals surface area contributed by atoms with E-state index in [9.17, 15) is 14.7 Å². The van der Waals surface area contributed by atoms with Gasteiger partial charge in [0.05, 0.1) is 11.3 Å². The summed E-state index contributed by atoms with van der Waals surface area (Å²) in [6.07, 6.45) is 0.643. The first-order valence-electron chi connectivity index (χ1n) is 7.81. The van der Waals surface area contributed by atoms with Crippen LogP contribution in [0, 0.1) is 18.8 Å². The summed E-state index contributed by atoms with van der Waals surface area (Å²) in [7, 11) is 0. The summed E-state index contributed by atoms with van der Waals surface area (Å²) in [6, 6.07) is 7.97. The summed E-state index contributed by atoms with van der Waals surface area (Å²) in [5, 5.41) is 9.27. The highest BCUT2D eigenvalue weighted by atomic mass is 16.4. The first kappa shape index (κ1) is 16.5. The molecule has 0 saturated carbocycles. The van der Waals surface area contributed by atoms with E-state index in [2.05, 4.69) is 0 Å². The smallest absolute Gasteiger partial charge is 0.308 e. The molecule has 4 nitrogen and oxygen atoms in total. The van der Waals surface area contributed by atoms with Crippen LogP contribution < -0.4 is 0 Å². The Labute approximate surface area is 132 Å². The predicted molar refractivity (Wildman–Crippen MR) is 85.7 cm³/mol. The maximum Gasteiger partial charge on any atom is 0.308 e. The quantitative estimate of drug-likeness (QED) is 0.934. The average molecular weight is 303 g/mol. The summed E-state index contributed by atoms with van der Waals surface area (Å²) >= 11 is 0. The van der Waals surface area contributed by atoms with Gasteiger partial charge in [0.1, 0.15) is 0 Å². The van der Waals surface area contributed by atoms with Gasteiger partial charge in [0.2, 0.25) is 5.91 Å². The Bertz CT molecular complexity index is 562. The van der Waals surface area contributed by atoms with Crippen LogP contribution in [0.1, 0.15) is 38.3 Å². The van der Waals surface area contributed by atoms with Gasteiger partial charge in [-0.05, 0) is 38.7 Å². The molecule has 1 aliphatic heterocycles. The van der Waals surface area contributed by atoms with Crippen LogP contribution in [-0.4, -0.2) is 35.0 Å². The fourth-order valence-electron chi connectivity index (χ4n) is 3.19. The summed E-state index contributed by atoms with van der Waals surface area (Å²) in [5.74, 6) is -1.04. The largest absolute Gasteiger partial charge is 0.481 e. The van der Waals surface area contributed by atoms with Crippen LogP contribution in [0.15, 0.2) is 24.3 Å². The number of nitrogens with zero attached hydrogens (tertiary/aromatic N) is 1. The normalized spacial score (nSPS) is 22.5. The van der Waals surface area contributed by atoms with Crippen LogP contribution in [0.2, 0.25) is 0 Å². The molecule has 0 spiro atoms. The number of benzene rings is 1. The maximum absolute atomic E-state index is 13.0. The van der Waals surface area contributed by atoms with E-state index in [0.29, 0.717) is 19.5 Å². The van der Waals surface area contributed by atoms with Crippen LogP contribution in [-0.2, 0) is 15.0 Å². The number of rotatable bonds is 3. The lowest BCUT2D eigenvalue weighted by Gasteiger charge is -2.39. The van der Waals surface area contributed by atoms with Crippen molar-refractivity contribution < 1.29 is 14.7 Å². The lowest BCUT2D eigenvalue weighted by molar-refractivity contribution is -0.148. The standard InChI is InChI=1S/C18H25NO3/c1-12-5-7-15(8-6-12)18(3,4)17(22)19-10-13(2)9-14(11-19)16(20)21/h5-8,13-14H,9-11H2,1-4H3,(H,20,21). The zero-order valence-electron chi connectivity index (χ0n) is 13.8. The van der Waals surface area contributed by atoms with Crippen molar-refractivity contribution in [3.05, 3.63) is 35.4 Å². The van der Waals surface area contributed by atoms with Crippen molar-refractivity contribution in [2.24, 2.45) is 11.8 Å². The number of carbonyl (C=O) groups is 2. The molecular formula is C18H25NO3. The van der Waals surface area contributed by atoms with Gasteiger partial charge in [0, 0.05) is 13.1 Å². The molecule has 1 aromatic carbocycles. The molecule has 2 atom stereocenters. The summed E-state index contributed by atoms with van der Waals surface area (Å²) in [4.78, 5) is 26.0. The van der Waals surface area contributed by atoms with Crippen LogP contribution in [0.25, 0.3) is 0 Å². The van der Waals surface area contributed by atoms with Crippen molar-refractivity contribution in [3.63, 3.8) is 0 Å². The summed E-state index contributed by atoms with van der Waals surface area (Å²) in [5.41, 5.74) is 1.48. The first-order chi connectivity index (χ1) is 10.2. The molecule has 1 aromatic rings. The highest BCUT2D eigenvalue weighted by molar-refractivity contribution is 5.88. The average Bonchev–Trinajstić information content (AvgIpc) is 2.46. The van der Waals surface area contributed by atoms with Crippen molar-refractivity contribution in [2.75, 3.05) is 13.1 Å². The molecule has 0 aliphatic carbocycles. The Balaban J connectivity index is 2.21. The van der Waals surface area contributed by atoms with Crippen molar-refractivity contribution in [3.8, 4) is 0 Å². The molecule has 1 N–H and O–H groups in total. The van der Waals surface area contributed by atoms with Crippen LogP contribution in [0.3, 0.4) is 0 Å². The van der Waals surface area contributed by atoms with Crippen molar-refractivity contribution in [1.82, 2.24) is 4.90 Å². The lowest BCUT2D eigenvalue weighted by Crippen LogP contribution is -2.51. The minimum atomic E-state index is -0.808. The van der Waals surface area contributed by atoms with Crippen LogP contribution in [0.4, 0.5) is 0 Å². The fourth-order valence-corrected chi connectivity index (χ4v) is 3.19. The summed E-state index contributed by atoms with van der Waals surface area (Å²) in [6.45, 7) is 8.80. The van der Waals surface area contributed by atoms with Crippen LogP contribution >= 0.6 is 0 Å². The molecule has 4 heteroatoms. The molecule has 2 rings (SSSR count). The van der Waals surface area contributed by atoms with Gasteiger partial charge in [-0.15, -0.1) is 0 Å². The maximum atomic E-state index is 13.0. The molecule has 0 aromatic heterocycles. The summed E-state index contributed by atoms with van der Waals surface area (Å²) < 4.78 is 0. The van der Waals surface area contributed by atoms with Crippen LogP contribution in [0.5, 0.6) is 0 Å². The molecule has 1 fully saturated rings. The van der Waals surface area contributed by atoms with E-state index in [1.807, 2.05) is 52.0 Å². The van der Waals surface area contributed by atoms with E-state index < -0.39 is 17.3 Å². The highest BCUT2D eigenvalue weighted by Gasteiger charge is 2.38. The number of likely N-dealkylation sites (tertiary alicyclic amines) is 1. The number of amides is 1. The number of aryl methyl sites for hydroxylation is 1. The molecule has 22 heavy (non-hydrogen) atoms. The van der Waals surface area contributed by atoms with E-state index in [1.165, 1.54) is 0 Å². The molecule has 1 aliphatic rings. The van der Waals surface area contributed by atoms with Gasteiger partial charge in [0.25, 0.3) is 0 Å². The molecule has 0 radical (unpaired) electrons. The van der Waals surface area contributed by atoms with E-state index >= 15 is 0 Å². The van der Waals surface area contributed by atoms with E-state index in [1.54, 1.807) is 4.90 Å². The number of aliphatic carboxylic acids is 1. The monoisotopic (exact) mass is 303 g/mol. The molecule has 2 unspecified atom stereocenters. The van der Waals surface area contributed by atoms with Crippen molar-refractivity contribution >= 4 is 11.9 Å². The molecule has 0 bridgehead atoms. The minimum Gasteiger partial charge on any atom is -0.481 e.